The Labute approximate surface area is 119 Å². The van der Waals surface area contributed by atoms with E-state index in [1.807, 2.05) is 19.9 Å². The largest absolute Gasteiger partial charge is 0.334 e. The van der Waals surface area contributed by atoms with Gasteiger partial charge in [0.15, 0.2) is 0 Å². The topological polar surface area (TPSA) is 35.5 Å². The molecule has 0 radical (unpaired) electrons. The maximum Gasteiger partial charge on any atom is 0.334 e. The molecule has 102 valence electrons. The lowest BCUT2D eigenvalue weighted by Gasteiger charge is -2.15. The summed E-state index contributed by atoms with van der Waals surface area (Å²) >= 11 is 2.31. The summed E-state index contributed by atoms with van der Waals surface area (Å²) in [6.45, 7) is 6.72. The summed E-state index contributed by atoms with van der Waals surface area (Å²) in [6, 6.07) is 0. The quantitative estimate of drug-likeness (QED) is 0.301. The van der Waals surface area contributed by atoms with E-state index >= 15 is 0 Å². The number of allylic oxidation sites excluding steroid dienone is 2. The van der Waals surface area contributed by atoms with Crippen LogP contribution in [0.15, 0.2) is 9.66 Å². The molecule has 3 nitrogen and oxygen atoms in total. The predicted octanol–water partition coefficient (Wildman–Crippen LogP) is 5.15. The van der Waals surface area contributed by atoms with Gasteiger partial charge in [-0.25, -0.2) is 0 Å². The normalized spacial score (nSPS) is 13.1. The van der Waals surface area contributed by atoms with Crippen LogP contribution in [0.2, 0.25) is 0 Å². The van der Waals surface area contributed by atoms with Gasteiger partial charge < -0.3 is 9.05 Å². The molecule has 0 saturated carbocycles. The fraction of sp³-hybridized carbons (Fsp3) is 0.833. The SMILES string of the molecule is CCCCC/C(I)=C/CP(=O)(OCC)OCC. The predicted molar refractivity (Wildman–Crippen MR) is 82.0 cm³/mol. The van der Waals surface area contributed by atoms with Crippen LogP contribution in [-0.4, -0.2) is 19.4 Å². The molecule has 0 rings (SSSR count). The van der Waals surface area contributed by atoms with Gasteiger partial charge in [-0.05, 0) is 52.9 Å². The summed E-state index contributed by atoms with van der Waals surface area (Å²) in [5.74, 6) is 0. The molecule has 0 unspecified atom stereocenters. The van der Waals surface area contributed by atoms with Crippen LogP contribution in [0.3, 0.4) is 0 Å². The van der Waals surface area contributed by atoms with Gasteiger partial charge in [0.05, 0.1) is 19.4 Å². The van der Waals surface area contributed by atoms with Gasteiger partial charge in [-0.1, -0.05) is 25.8 Å². The molecule has 0 atom stereocenters. The zero-order valence-electron chi connectivity index (χ0n) is 11.1. The highest BCUT2D eigenvalue weighted by Gasteiger charge is 2.21. The molecule has 0 aromatic rings. The van der Waals surface area contributed by atoms with Crippen LogP contribution in [0, 0.1) is 0 Å². The van der Waals surface area contributed by atoms with Crippen LogP contribution in [0.1, 0.15) is 46.5 Å². The highest BCUT2D eigenvalue weighted by atomic mass is 127. The number of hydrogen-bond donors (Lipinski definition) is 0. The fourth-order valence-electron chi connectivity index (χ4n) is 1.39. The van der Waals surface area contributed by atoms with Crippen LogP contribution in [-0.2, 0) is 13.6 Å². The zero-order valence-corrected chi connectivity index (χ0v) is 14.1. The lowest BCUT2D eigenvalue weighted by Crippen LogP contribution is -1.98. The second kappa shape index (κ2) is 10.5. The first-order valence-electron chi connectivity index (χ1n) is 6.30. The van der Waals surface area contributed by atoms with E-state index in [1.54, 1.807) is 0 Å². The van der Waals surface area contributed by atoms with Crippen molar-refractivity contribution in [2.75, 3.05) is 19.4 Å². The minimum atomic E-state index is -2.89. The molecular weight excluding hydrogens is 350 g/mol. The Hall–Kier alpha value is 0.620. The Bertz CT molecular complexity index is 256. The standard InChI is InChI=1S/C12H24IO3P/c1-4-7-8-9-12(13)10-11-17(14,15-5-2)16-6-3/h10H,4-9,11H2,1-3H3/b12-10-. The molecule has 0 spiro atoms. The van der Waals surface area contributed by atoms with Crippen molar-refractivity contribution in [3.8, 4) is 0 Å². The smallest absolute Gasteiger partial charge is 0.309 e. The van der Waals surface area contributed by atoms with Crippen molar-refractivity contribution in [3.63, 3.8) is 0 Å². The Balaban J connectivity index is 4.17. The summed E-state index contributed by atoms with van der Waals surface area (Å²) in [4.78, 5) is 0. The van der Waals surface area contributed by atoms with Gasteiger partial charge in [0.1, 0.15) is 0 Å². The van der Waals surface area contributed by atoms with Crippen molar-refractivity contribution in [2.24, 2.45) is 0 Å². The Morgan fingerprint density at radius 1 is 1.18 bits per heavy atom. The van der Waals surface area contributed by atoms with E-state index in [2.05, 4.69) is 29.5 Å². The second-order valence-electron chi connectivity index (χ2n) is 3.74. The average Bonchev–Trinajstić information content (AvgIpc) is 2.28. The first kappa shape index (κ1) is 17.6. The van der Waals surface area contributed by atoms with Crippen LogP contribution >= 0.6 is 30.2 Å². The summed E-state index contributed by atoms with van der Waals surface area (Å²) in [6.07, 6.45) is 7.10. The van der Waals surface area contributed by atoms with Gasteiger partial charge in [0.25, 0.3) is 0 Å². The van der Waals surface area contributed by atoms with Gasteiger partial charge in [-0.2, -0.15) is 0 Å². The van der Waals surface area contributed by atoms with Crippen LogP contribution in [0.25, 0.3) is 0 Å². The monoisotopic (exact) mass is 374 g/mol. The first-order chi connectivity index (χ1) is 8.08. The van der Waals surface area contributed by atoms with Crippen molar-refractivity contribution < 1.29 is 13.6 Å². The molecule has 0 heterocycles. The molecule has 17 heavy (non-hydrogen) atoms. The van der Waals surface area contributed by atoms with Crippen molar-refractivity contribution in [2.45, 2.75) is 46.5 Å². The zero-order chi connectivity index (χ0) is 13.1. The van der Waals surface area contributed by atoms with E-state index < -0.39 is 7.60 Å². The summed E-state index contributed by atoms with van der Waals surface area (Å²) in [7, 11) is -2.89. The molecule has 0 aliphatic heterocycles. The number of hydrogen-bond acceptors (Lipinski definition) is 3. The molecule has 0 aliphatic carbocycles. The number of rotatable bonds is 10. The summed E-state index contributed by atoms with van der Waals surface area (Å²) in [5, 5.41) is 0. The van der Waals surface area contributed by atoms with Crippen molar-refractivity contribution >= 4 is 30.2 Å². The second-order valence-corrected chi connectivity index (χ2v) is 7.23. The Kier molecular flexibility index (Phi) is 10.9. The Morgan fingerprint density at radius 3 is 2.24 bits per heavy atom. The molecule has 5 heteroatoms. The van der Waals surface area contributed by atoms with Crippen molar-refractivity contribution in [3.05, 3.63) is 9.66 Å². The van der Waals surface area contributed by atoms with E-state index in [-0.39, 0.29) is 0 Å². The third kappa shape index (κ3) is 9.23. The molecule has 0 aliphatic rings. The minimum absolute atomic E-state index is 0.388. The summed E-state index contributed by atoms with van der Waals surface area (Å²) in [5.41, 5.74) is 0. The first-order valence-corrected chi connectivity index (χ1v) is 9.11. The van der Waals surface area contributed by atoms with Crippen LogP contribution in [0.4, 0.5) is 0 Å². The van der Waals surface area contributed by atoms with Gasteiger partial charge in [0.2, 0.25) is 0 Å². The van der Waals surface area contributed by atoms with Crippen LogP contribution < -0.4 is 0 Å². The maximum absolute atomic E-state index is 12.2. The van der Waals surface area contributed by atoms with E-state index in [4.69, 9.17) is 9.05 Å². The van der Waals surface area contributed by atoms with E-state index in [9.17, 15) is 4.57 Å². The molecular formula is C12H24IO3P. The lowest BCUT2D eigenvalue weighted by molar-refractivity contribution is 0.222. The Morgan fingerprint density at radius 2 is 1.76 bits per heavy atom. The van der Waals surface area contributed by atoms with Crippen molar-refractivity contribution in [1.29, 1.82) is 0 Å². The number of unbranched alkanes of at least 4 members (excludes halogenated alkanes) is 2. The molecule has 0 fully saturated rings. The lowest BCUT2D eigenvalue weighted by atomic mass is 10.2. The fourth-order valence-corrected chi connectivity index (χ4v) is 3.86. The minimum Gasteiger partial charge on any atom is -0.309 e. The molecule has 0 bridgehead atoms. The highest BCUT2D eigenvalue weighted by molar-refractivity contribution is 14.1. The van der Waals surface area contributed by atoms with Gasteiger partial charge in [0, 0.05) is 0 Å². The van der Waals surface area contributed by atoms with E-state index in [1.165, 1.54) is 22.8 Å². The molecule has 0 amide bonds. The number of halogens is 1. The van der Waals surface area contributed by atoms with E-state index in [0.717, 1.165) is 6.42 Å². The molecule has 0 saturated heterocycles. The van der Waals surface area contributed by atoms with Crippen LogP contribution in [0.5, 0.6) is 0 Å². The molecule has 0 aromatic carbocycles. The third-order valence-electron chi connectivity index (χ3n) is 2.21. The molecule has 0 N–H and O–H groups in total. The van der Waals surface area contributed by atoms with Gasteiger partial charge in [-0.3, -0.25) is 4.57 Å². The van der Waals surface area contributed by atoms with Gasteiger partial charge >= 0.3 is 7.60 Å². The average molecular weight is 374 g/mol. The van der Waals surface area contributed by atoms with Gasteiger partial charge in [-0.15, -0.1) is 0 Å². The maximum atomic E-state index is 12.2. The van der Waals surface area contributed by atoms with E-state index in [0.29, 0.717) is 19.4 Å². The molecule has 0 aromatic heterocycles. The summed E-state index contributed by atoms with van der Waals surface area (Å²) < 4.78 is 23.9. The van der Waals surface area contributed by atoms with Crippen molar-refractivity contribution in [1.82, 2.24) is 0 Å². The highest BCUT2D eigenvalue weighted by Crippen LogP contribution is 2.48. The third-order valence-corrected chi connectivity index (χ3v) is 5.12.